The zero-order chi connectivity index (χ0) is 9.26. The van der Waals surface area contributed by atoms with Gasteiger partial charge in [0.25, 0.3) is 0 Å². The quantitative estimate of drug-likeness (QED) is 0.807. The zero-order valence-electron chi connectivity index (χ0n) is 7.23. The van der Waals surface area contributed by atoms with E-state index in [2.05, 4.69) is 6.92 Å². The third-order valence-electron chi connectivity index (χ3n) is 1.93. The predicted molar refractivity (Wildman–Crippen MR) is 57.4 cm³/mol. The van der Waals surface area contributed by atoms with Gasteiger partial charge in [-0.25, -0.2) is 0 Å². The number of aryl methyl sites for hydroxylation is 1. The van der Waals surface area contributed by atoms with Gasteiger partial charge < -0.3 is 5.11 Å². The van der Waals surface area contributed by atoms with Gasteiger partial charge in [0.05, 0.1) is 0 Å². The maximum Gasteiger partial charge on any atom is 0.106 e. The summed E-state index contributed by atoms with van der Waals surface area (Å²) in [5, 5.41) is 15.9. The van der Waals surface area contributed by atoms with Crippen molar-refractivity contribution >= 4 is 22.7 Å². The lowest BCUT2D eigenvalue weighted by Gasteiger charge is -2.05. The molecule has 2 heterocycles. The van der Waals surface area contributed by atoms with Crippen LogP contribution in [0.25, 0.3) is 0 Å². The minimum Gasteiger partial charge on any atom is -0.384 e. The number of aliphatic hydroxyl groups is 1. The van der Waals surface area contributed by atoms with Gasteiger partial charge >= 0.3 is 0 Å². The number of hydrogen-bond donors (Lipinski definition) is 1. The van der Waals surface area contributed by atoms with Gasteiger partial charge in [0, 0.05) is 4.88 Å². The van der Waals surface area contributed by atoms with Crippen LogP contribution in [0.3, 0.4) is 0 Å². The molecule has 0 amide bonds. The van der Waals surface area contributed by atoms with Gasteiger partial charge in [-0.1, -0.05) is 0 Å². The van der Waals surface area contributed by atoms with Crippen LogP contribution in [0.15, 0.2) is 28.3 Å². The summed E-state index contributed by atoms with van der Waals surface area (Å²) in [6.45, 7) is 2.05. The van der Waals surface area contributed by atoms with Gasteiger partial charge in [0.15, 0.2) is 0 Å². The van der Waals surface area contributed by atoms with E-state index in [0.717, 1.165) is 11.1 Å². The van der Waals surface area contributed by atoms with E-state index >= 15 is 0 Å². The van der Waals surface area contributed by atoms with Crippen LogP contribution in [-0.2, 0) is 0 Å². The van der Waals surface area contributed by atoms with Crippen molar-refractivity contribution in [2.45, 2.75) is 13.0 Å². The molecule has 2 rings (SSSR count). The molecule has 0 bridgehead atoms. The lowest BCUT2D eigenvalue weighted by molar-refractivity contribution is 0.221. The van der Waals surface area contributed by atoms with Crippen molar-refractivity contribution in [1.29, 1.82) is 0 Å². The molecule has 1 N–H and O–H groups in total. The van der Waals surface area contributed by atoms with E-state index in [0.29, 0.717) is 0 Å². The third kappa shape index (κ3) is 1.82. The average Bonchev–Trinajstić information content (AvgIpc) is 2.72. The van der Waals surface area contributed by atoms with Crippen LogP contribution in [-0.4, -0.2) is 5.11 Å². The fourth-order valence-corrected chi connectivity index (χ4v) is 2.63. The molecule has 2 aromatic heterocycles. The highest BCUT2D eigenvalue weighted by Crippen LogP contribution is 2.27. The van der Waals surface area contributed by atoms with Crippen LogP contribution < -0.4 is 0 Å². The second-order valence-electron chi connectivity index (χ2n) is 2.95. The lowest BCUT2D eigenvalue weighted by atomic mass is 10.1. The first-order valence-corrected chi connectivity index (χ1v) is 5.85. The summed E-state index contributed by atoms with van der Waals surface area (Å²) in [6, 6.07) is 4.00. The van der Waals surface area contributed by atoms with Crippen molar-refractivity contribution in [1.82, 2.24) is 0 Å². The van der Waals surface area contributed by atoms with Gasteiger partial charge in [0.2, 0.25) is 0 Å². The fraction of sp³-hybridized carbons (Fsp3) is 0.200. The molecule has 0 aromatic carbocycles. The summed E-state index contributed by atoms with van der Waals surface area (Å²) in [5.41, 5.74) is 1.99. The molecule has 0 aliphatic carbocycles. The van der Waals surface area contributed by atoms with Crippen molar-refractivity contribution in [2.75, 3.05) is 0 Å². The molecule has 0 spiro atoms. The second-order valence-corrected chi connectivity index (χ2v) is 4.85. The van der Waals surface area contributed by atoms with Crippen molar-refractivity contribution in [3.63, 3.8) is 0 Å². The largest absolute Gasteiger partial charge is 0.384 e. The van der Waals surface area contributed by atoms with Crippen LogP contribution >= 0.6 is 22.7 Å². The molecule has 1 nitrogen and oxygen atoms in total. The Balaban J connectivity index is 2.28. The molecule has 13 heavy (non-hydrogen) atoms. The Hall–Kier alpha value is -0.640. The van der Waals surface area contributed by atoms with Crippen molar-refractivity contribution in [2.24, 2.45) is 0 Å². The van der Waals surface area contributed by atoms with Gasteiger partial charge in [-0.3, -0.25) is 0 Å². The highest BCUT2D eigenvalue weighted by atomic mass is 32.1. The standard InChI is InChI=1S/C10H10OS2/c1-7-4-9(6-13-7)10(11)8-2-3-12-5-8/h2-6,10-11H,1H3. The van der Waals surface area contributed by atoms with E-state index < -0.39 is 6.10 Å². The lowest BCUT2D eigenvalue weighted by Crippen LogP contribution is -1.94. The SMILES string of the molecule is Cc1cc(C(O)c2ccsc2)cs1. The Kier molecular flexibility index (Phi) is 2.49. The molecule has 3 heteroatoms. The molecule has 0 saturated carbocycles. The van der Waals surface area contributed by atoms with Crippen LogP contribution in [0.5, 0.6) is 0 Å². The Labute approximate surface area is 85.3 Å². The van der Waals surface area contributed by atoms with Crippen LogP contribution in [0.2, 0.25) is 0 Å². The molecule has 0 aliphatic heterocycles. The Morgan fingerprint density at radius 2 is 2.15 bits per heavy atom. The summed E-state index contributed by atoms with van der Waals surface area (Å²) in [7, 11) is 0. The van der Waals surface area contributed by atoms with E-state index in [4.69, 9.17) is 0 Å². The number of aliphatic hydroxyl groups excluding tert-OH is 1. The highest BCUT2D eigenvalue weighted by molar-refractivity contribution is 7.10. The molecule has 1 unspecified atom stereocenters. The maximum absolute atomic E-state index is 9.91. The topological polar surface area (TPSA) is 20.2 Å². The van der Waals surface area contributed by atoms with Crippen molar-refractivity contribution in [3.05, 3.63) is 44.3 Å². The molecule has 68 valence electrons. The van der Waals surface area contributed by atoms with E-state index in [1.54, 1.807) is 22.7 Å². The molecular formula is C10H10OS2. The number of thiophene rings is 2. The van der Waals surface area contributed by atoms with Crippen molar-refractivity contribution in [3.8, 4) is 0 Å². The second kappa shape index (κ2) is 3.62. The Bertz CT molecular complexity index is 375. The Morgan fingerprint density at radius 1 is 1.31 bits per heavy atom. The predicted octanol–water partition coefficient (Wildman–Crippen LogP) is 3.20. The van der Waals surface area contributed by atoms with Crippen LogP contribution in [0.4, 0.5) is 0 Å². The summed E-state index contributed by atoms with van der Waals surface area (Å²) in [6.07, 6.45) is -0.448. The molecule has 2 aromatic rings. The molecule has 1 atom stereocenters. The van der Waals surface area contributed by atoms with Gasteiger partial charge in [-0.15, -0.1) is 11.3 Å². The first-order chi connectivity index (χ1) is 6.27. The van der Waals surface area contributed by atoms with E-state index in [1.807, 2.05) is 28.3 Å². The monoisotopic (exact) mass is 210 g/mol. The normalized spacial score (nSPS) is 13.1. The van der Waals surface area contributed by atoms with E-state index in [9.17, 15) is 5.11 Å². The molecule has 0 radical (unpaired) electrons. The van der Waals surface area contributed by atoms with Crippen LogP contribution in [0.1, 0.15) is 22.1 Å². The van der Waals surface area contributed by atoms with Crippen molar-refractivity contribution < 1.29 is 5.11 Å². The summed E-state index contributed by atoms with van der Waals surface area (Å²) in [4.78, 5) is 1.24. The maximum atomic E-state index is 9.91. The highest BCUT2D eigenvalue weighted by Gasteiger charge is 2.11. The molecule has 0 fully saturated rings. The first-order valence-electron chi connectivity index (χ1n) is 4.02. The third-order valence-corrected chi connectivity index (χ3v) is 3.51. The first kappa shape index (κ1) is 8.94. The summed E-state index contributed by atoms with van der Waals surface area (Å²) < 4.78 is 0. The van der Waals surface area contributed by atoms with Gasteiger partial charge in [0.1, 0.15) is 6.10 Å². The van der Waals surface area contributed by atoms with E-state index in [1.165, 1.54) is 4.88 Å². The smallest absolute Gasteiger partial charge is 0.106 e. The number of rotatable bonds is 2. The minimum absolute atomic E-state index is 0.448. The van der Waals surface area contributed by atoms with Crippen LogP contribution in [0, 0.1) is 6.92 Å². The Morgan fingerprint density at radius 3 is 2.69 bits per heavy atom. The molecular weight excluding hydrogens is 200 g/mol. The fourth-order valence-electron chi connectivity index (χ4n) is 1.23. The summed E-state index contributed by atoms with van der Waals surface area (Å²) >= 11 is 3.29. The molecule has 0 saturated heterocycles. The van der Waals surface area contributed by atoms with Gasteiger partial charge in [-0.2, -0.15) is 11.3 Å². The summed E-state index contributed by atoms with van der Waals surface area (Å²) in [5.74, 6) is 0. The average molecular weight is 210 g/mol. The minimum atomic E-state index is -0.448. The zero-order valence-corrected chi connectivity index (χ0v) is 8.86. The molecule has 0 aliphatic rings. The van der Waals surface area contributed by atoms with Gasteiger partial charge in [-0.05, 0) is 46.3 Å². The number of hydrogen-bond acceptors (Lipinski definition) is 3. The van der Waals surface area contributed by atoms with E-state index in [-0.39, 0.29) is 0 Å².